The summed E-state index contributed by atoms with van der Waals surface area (Å²) < 4.78 is 13.3. The van der Waals surface area contributed by atoms with E-state index < -0.39 is 5.82 Å². The molecule has 0 heterocycles. The number of carbonyl (C=O) groups is 1. The first-order valence-corrected chi connectivity index (χ1v) is 6.02. The number of carbonyl (C=O) groups excluding carboxylic acids is 1. The summed E-state index contributed by atoms with van der Waals surface area (Å²) in [6.45, 7) is 2.45. The second-order valence-electron chi connectivity index (χ2n) is 3.80. The van der Waals surface area contributed by atoms with E-state index in [4.69, 9.17) is 10.8 Å². The van der Waals surface area contributed by atoms with Crippen LogP contribution in [0.15, 0.2) is 18.2 Å². The third-order valence-electron chi connectivity index (χ3n) is 2.58. The fourth-order valence-corrected chi connectivity index (χ4v) is 1.64. The van der Waals surface area contributed by atoms with Gasteiger partial charge >= 0.3 is 0 Å². The van der Waals surface area contributed by atoms with E-state index in [1.54, 1.807) is 6.92 Å². The van der Waals surface area contributed by atoms with Crippen LogP contribution in [0.2, 0.25) is 0 Å². The smallest absolute Gasteiger partial charge is 0.255 e. The van der Waals surface area contributed by atoms with Crippen molar-refractivity contribution in [2.75, 3.05) is 26.2 Å². The number of benzene rings is 1. The Morgan fingerprint density at radius 1 is 1.53 bits per heavy atom. The number of aliphatic hydroxyl groups excluding tert-OH is 1. The van der Waals surface area contributed by atoms with Crippen molar-refractivity contribution in [1.29, 1.82) is 0 Å². The number of hydrogen-bond acceptors (Lipinski definition) is 3. The summed E-state index contributed by atoms with van der Waals surface area (Å²) >= 11 is 0. The van der Waals surface area contributed by atoms with Crippen LogP contribution in [-0.2, 0) is 0 Å². The van der Waals surface area contributed by atoms with Crippen LogP contribution >= 0.6 is 0 Å². The van der Waals surface area contributed by atoms with Crippen LogP contribution in [0.3, 0.4) is 0 Å². The van der Waals surface area contributed by atoms with E-state index in [0.717, 1.165) is 6.07 Å². The number of aliphatic hydroxyl groups is 1. The Morgan fingerprint density at radius 3 is 2.84 bits per heavy atom. The number of nitrogens with two attached hydrogens (primary N) is 1. The van der Waals surface area contributed by atoms with Crippen molar-refractivity contribution in [3.63, 3.8) is 0 Å². The fourth-order valence-electron chi connectivity index (χ4n) is 1.64. The topological polar surface area (TPSA) is 66.6 Å². The predicted octanol–water partition coefficient (Wildman–Crippen LogP) is 0.590. The third-order valence-corrected chi connectivity index (χ3v) is 2.58. The number of halogens is 1. The molecule has 19 heavy (non-hydrogen) atoms. The van der Waals surface area contributed by atoms with Gasteiger partial charge in [-0.1, -0.05) is 11.8 Å². The Balaban J connectivity index is 3.15. The van der Waals surface area contributed by atoms with Gasteiger partial charge in [0.2, 0.25) is 0 Å². The molecular formula is C14H17FN2O2. The van der Waals surface area contributed by atoms with Crippen molar-refractivity contribution >= 4 is 5.91 Å². The molecular weight excluding hydrogens is 247 g/mol. The van der Waals surface area contributed by atoms with Crippen LogP contribution in [0, 0.1) is 17.7 Å². The minimum Gasteiger partial charge on any atom is -0.395 e. The van der Waals surface area contributed by atoms with E-state index >= 15 is 0 Å². The lowest BCUT2D eigenvalue weighted by atomic mass is 10.1. The van der Waals surface area contributed by atoms with Crippen molar-refractivity contribution in [3.05, 3.63) is 35.1 Å². The zero-order valence-electron chi connectivity index (χ0n) is 10.8. The van der Waals surface area contributed by atoms with E-state index in [-0.39, 0.29) is 31.2 Å². The fraction of sp³-hybridized carbons (Fsp3) is 0.357. The summed E-state index contributed by atoms with van der Waals surface area (Å²) in [4.78, 5) is 13.7. The highest BCUT2D eigenvalue weighted by Gasteiger charge is 2.17. The molecule has 5 heteroatoms. The Hall–Kier alpha value is -1.90. The molecule has 0 aliphatic heterocycles. The maximum absolute atomic E-state index is 13.3. The summed E-state index contributed by atoms with van der Waals surface area (Å²) in [5.74, 6) is 4.55. The first kappa shape index (κ1) is 15.2. The molecule has 102 valence electrons. The first-order chi connectivity index (χ1) is 9.13. The zero-order chi connectivity index (χ0) is 14.3. The lowest BCUT2D eigenvalue weighted by molar-refractivity contribution is 0.0731. The SMILES string of the molecule is CCN(CCO)C(=O)c1cc(F)ccc1C#CCN. The second-order valence-corrected chi connectivity index (χ2v) is 3.80. The molecule has 3 N–H and O–H groups in total. The van der Waals surface area contributed by atoms with Gasteiger partial charge in [-0.2, -0.15) is 0 Å². The van der Waals surface area contributed by atoms with Gasteiger partial charge in [0.15, 0.2) is 0 Å². The average molecular weight is 264 g/mol. The Labute approximate surface area is 112 Å². The molecule has 4 nitrogen and oxygen atoms in total. The number of rotatable bonds is 4. The minimum atomic E-state index is -0.498. The molecule has 0 saturated carbocycles. The summed E-state index contributed by atoms with van der Waals surface area (Å²) in [6, 6.07) is 3.86. The number of hydrogen-bond donors (Lipinski definition) is 2. The monoisotopic (exact) mass is 264 g/mol. The molecule has 0 bridgehead atoms. The molecule has 0 atom stereocenters. The Kier molecular flexibility index (Phi) is 6.00. The van der Waals surface area contributed by atoms with Crippen molar-refractivity contribution in [2.45, 2.75) is 6.92 Å². The quantitative estimate of drug-likeness (QED) is 0.782. The highest BCUT2D eigenvalue weighted by atomic mass is 19.1. The highest BCUT2D eigenvalue weighted by Crippen LogP contribution is 2.13. The molecule has 0 saturated heterocycles. The van der Waals surface area contributed by atoms with E-state index in [1.807, 2.05) is 0 Å². The second kappa shape index (κ2) is 7.52. The summed E-state index contributed by atoms with van der Waals surface area (Å²) in [5, 5.41) is 8.92. The van der Waals surface area contributed by atoms with Crippen LogP contribution in [0.4, 0.5) is 4.39 Å². The van der Waals surface area contributed by atoms with Gasteiger partial charge in [0.25, 0.3) is 5.91 Å². The number of amides is 1. The molecule has 1 rings (SSSR count). The zero-order valence-corrected chi connectivity index (χ0v) is 10.8. The van der Waals surface area contributed by atoms with Crippen LogP contribution < -0.4 is 5.73 Å². The molecule has 1 aromatic carbocycles. The van der Waals surface area contributed by atoms with E-state index in [1.165, 1.54) is 17.0 Å². The molecule has 0 unspecified atom stereocenters. The molecule has 0 aromatic heterocycles. The van der Waals surface area contributed by atoms with Crippen molar-refractivity contribution < 1.29 is 14.3 Å². The van der Waals surface area contributed by atoms with E-state index in [0.29, 0.717) is 12.1 Å². The minimum absolute atomic E-state index is 0.140. The Morgan fingerprint density at radius 2 is 2.26 bits per heavy atom. The Bertz CT molecular complexity index is 506. The standard InChI is InChI=1S/C14H17FN2O2/c1-2-17(8-9-18)14(19)13-10-12(15)6-5-11(13)4-3-7-16/h5-6,10,18H,2,7-9,16H2,1H3. The molecule has 1 aromatic rings. The van der Waals surface area contributed by atoms with Gasteiger partial charge in [0.05, 0.1) is 18.7 Å². The van der Waals surface area contributed by atoms with Gasteiger partial charge in [-0.25, -0.2) is 4.39 Å². The van der Waals surface area contributed by atoms with Crippen LogP contribution in [0.1, 0.15) is 22.8 Å². The molecule has 0 aliphatic carbocycles. The number of nitrogens with zero attached hydrogens (tertiary/aromatic N) is 1. The molecule has 0 aliphatic rings. The summed E-state index contributed by atoms with van der Waals surface area (Å²) in [5.41, 5.74) is 5.92. The number of likely N-dealkylation sites (N-methyl/N-ethyl adjacent to an activating group) is 1. The lowest BCUT2D eigenvalue weighted by Gasteiger charge is -2.20. The van der Waals surface area contributed by atoms with Gasteiger partial charge in [0, 0.05) is 18.7 Å². The van der Waals surface area contributed by atoms with E-state index in [2.05, 4.69) is 11.8 Å². The molecule has 1 amide bonds. The van der Waals surface area contributed by atoms with Gasteiger partial charge < -0.3 is 15.7 Å². The van der Waals surface area contributed by atoms with Crippen molar-refractivity contribution in [2.24, 2.45) is 5.73 Å². The van der Waals surface area contributed by atoms with Gasteiger partial charge in [-0.3, -0.25) is 4.79 Å². The van der Waals surface area contributed by atoms with Crippen LogP contribution in [0.5, 0.6) is 0 Å². The van der Waals surface area contributed by atoms with Gasteiger partial charge in [-0.05, 0) is 25.1 Å². The summed E-state index contributed by atoms with van der Waals surface area (Å²) in [7, 11) is 0. The van der Waals surface area contributed by atoms with Gasteiger partial charge in [-0.15, -0.1) is 0 Å². The molecule has 0 fully saturated rings. The van der Waals surface area contributed by atoms with Crippen LogP contribution in [0.25, 0.3) is 0 Å². The first-order valence-electron chi connectivity index (χ1n) is 6.02. The summed E-state index contributed by atoms with van der Waals surface area (Å²) in [6.07, 6.45) is 0. The molecule has 0 radical (unpaired) electrons. The normalized spacial score (nSPS) is 9.68. The third kappa shape index (κ3) is 4.05. The maximum Gasteiger partial charge on any atom is 0.255 e. The highest BCUT2D eigenvalue weighted by molar-refractivity contribution is 5.96. The largest absolute Gasteiger partial charge is 0.395 e. The van der Waals surface area contributed by atoms with Crippen molar-refractivity contribution in [3.8, 4) is 11.8 Å². The van der Waals surface area contributed by atoms with Crippen LogP contribution in [-0.4, -0.2) is 42.2 Å². The maximum atomic E-state index is 13.3. The average Bonchev–Trinajstić information content (AvgIpc) is 2.42. The molecule has 0 spiro atoms. The van der Waals surface area contributed by atoms with E-state index in [9.17, 15) is 9.18 Å². The van der Waals surface area contributed by atoms with Crippen molar-refractivity contribution in [1.82, 2.24) is 4.90 Å². The van der Waals surface area contributed by atoms with Gasteiger partial charge in [0.1, 0.15) is 5.82 Å². The predicted molar refractivity (Wildman–Crippen MR) is 71.0 cm³/mol. The lowest BCUT2D eigenvalue weighted by Crippen LogP contribution is -2.33.